The molecule has 0 radical (unpaired) electrons. The predicted molar refractivity (Wildman–Crippen MR) is 99.0 cm³/mol. The first-order valence-corrected chi connectivity index (χ1v) is 8.23. The van der Waals surface area contributed by atoms with Gasteiger partial charge in [0.25, 0.3) is 0 Å². The normalized spacial score (nSPS) is 12.5. The standard InChI is InChI=1S/C21H28O3/c1-12-8-13(11-17(22)18(12)23)14-9-15(20(2,3)4)19(24)16(10-14)21(5,6)7/h8-11,22-24H,1-7H3. The third kappa shape index (κ3) is 3.35. The van der Waals surface area contributed by atoms with E-state index >= 15 is 0 Å². The van der Waals surface area contributed by atoms with E-state index in [9.17, 15) is 15.3 Å². The minimum Gasteiger partial charge on any atom is -0.507 e. The molecule has 2 aromatic rings. The minimum absolute atomic E-state index is 0.0929. The average Bonchev–Trinajstić information content (AvgIpc) is 2.41. The quantitative estimate of drug-likeness (QED) is 0.616. The number of benzene rings is 2. The molecule has 0 atom stereocenters. The van der Waals surface area contributed by atoms with Gasteiger partial charge in [-0.2, -0.15) is 0 Å². The molecule has 0 unspecified atom stereocenters. The third-order valence-electron chi connectivity index (χ3n) is 4.34. The van der Waals surface area contributed by atoms with Crippen LogP contribution >= 0.6 is 0 Å². The van der Waals surface area contributed by atoms with Crippen molar-refractivity contribution in [2.24, 2.45) is 0 Å². The molecule has 0 heterocycles. The zero-order chi connectivity index (χ0) is 18.4. The van der Waals surface area contributed by atoms with Crippen LogP contribution in [-0.2, 0) is 10.8 Å². The van der Waals surface area contributed by atoms with Gasteiger partial charge in [0.05, 0.1) is 0 Å². The first-order chi connectivity index (χ1) is 10.8. The van der Waals surface area contributed by atoms with Crippen LogP contribution in [0.25, 0.3) is 11.1 Å². The molecule has 24 heavy (non-hydrogen) atoms. The monoisotopic (exact) mass is 328 g/mol. The Labute approximate surface area is 144 Å². The molecule has 0 bridgehead atoms. The number of hydrogen-bond acceptors (Lipinski definition) is 3. The van der Waals surface area contributed by atoms with Crippen LogP contribution in [-0.4, -0.2) is 15.3 Å². The summed E-state index contributed by atoms with van der Waals surface area (Å²) in [7, 11) is 0. The van der Waals surface area contributed by atoms with E-state index in [1.165, 1.54) is 0 Å². The molecular formula is C21H28O3. The lowest BCUT2D eigenvalue weighted by molar-refractivity contribution is 0.401. The molecule has 0 saturated heterocycles. The maximum Gasteiger partial charge on any atom is 0.160 e. The Bertz CT molecular complexity index is 717. The van der Waals surface area contributed by atoms with Gasteiger partial charge in [-0.15, -0.1) is 0 Å². The van der Waals surface area contributed by atoms with E-state index in [-0.39, 0.29) is 22.3 Å². The highest BCUT2D eigenvalue weighted by Gasteiger charge is 2.27. The number of phenolic OH excluding ortho intramolecular Hbond substituents is 3. The highest BCUT2D eigenvalue weighted by Crippen LogP contribution is 2.43. The van der Waals surface area contributed by atoms with Gasteiger partial charge in [0.15, 0.2) is 11.5 Å². The van der Waals surface area contributed by atoms with Crippen molar-refractivity contribution in [3.8, 4) is 28.4 Å². The Morgan fingerprint density at radius 1 is 0.625 bits per heavy atom. The van der Waals surface area contributed by atoms with E-state index in [1.807, 2.05) is 18.2 Å². The van der Waals surface area contributed by atoms with E-state index in [4.69, 9.17) is 0 Å². The molecule has 130 valence electrons. The lowest BCUT2D eigenvalue weighted by Gasteiger charge is -2.28. The number of phenols is 3. The maximum absolute atomic E-state index is 10.8. The van der Waals surface area contributed by atoms with E-state index in [2.05, 4.69) is 41.5 Å². The number of aromatic hydroxyl groups is 3. The van der Waals surface area contributed by atoms with Gasteiger partial charge in [-0.25, -0.2) is 0 Å². The summed E-state index contributed by atoms with van der Waals surface area (Å²) in [6, 6.07) is 7.35. The predicted octanol–water partition coefficient (Wildman–Crippen LogP) is 5.37. The molecule has 2 rings (SSSR count). The van der Waals surface area contributed by atoms with Gasteiger partial charge in [0.1, 0.15) is 5.75 Å². The molecule has 0 spiro atoms. The van der Waals surface area contributed by atoms with Crippen LogP contribution in [0, 0.1) is 6.92 Å². The summed E-state index contributed by atoms with van der Waals surface area (Å²) in [6.45, 7) is 14.2. The van der Waals surface area contributed by atoms with Crippen LogP contribution in [0.3, 0.4) is 0 Å². The average molecular weight is 328 g/mol. The second-order valence-corrected chi connectivity index (χ2v) is 8.58. The molecular weight excluding hydrogens is 300 g/mol. The molecule has 0 saturated carbocycles. The van der Waals surface area contributed by atoms with E-state index in [0.29, 0.717) is 11.3 Å². The molecule has 0 aliphatic heterocycles. The largest absolute Gasteiger partial charge is 0.507 e. The Hall–Kier alpha value is -2.16. The van der Waals surface area contributed by atoms with Crippen molar-refractivity contribution < 1.29 is 15.3 Å². The van der Waals surface area contributed by atoms with Crippen molar-refractivity contribution in [2.45, 2.75) is 59.3 Å². The maximum atomic E-state index is 10.8. The summed E-state index contributed by atoms with van der Waals surface area (Å²) in [5, 5.41) is 30.6. The van der Waals surface area contributed by atoms with Crippen molar-refractivity contribution >= 4 is 0 Å². The van der Waals surface area contributed by atoms with E-state index in [1.54, 1.807) is 13.0 Å². The molecule has 0 aliphatic carbocycles. The molecule has 2 aromatic carbocycles. The van der Waals surface area contributed by atoms with Crippen LogP contribution in [0.15, 0.2) is 24.3 Å². The number of aryl methyl sites for hydroxylation is 1. The second kappa shape index (κ2) is 5.73. The summed E-state index contributed by atoms with van der Waals surface area (Å²) in [4.78, 5) is 0. The highest BCUT2D eigenvalue weighted by atomic mass is 16.3. The van der Waals surface area contributed by atoms with Crippen molar-refractivity contribution in [3.63, 3.8) is 0 Å². The van der Waals surface area contributed by atoms with Crippen molar-refractivity contribution in [1.29, 1.82) is 0 Å². The minimum atomic E-state index is -0.214. The fourth-order valence-corrected chi connectivity index (χ4v) is 2.87. The highest BCUT2D eigenvalue weighted by molar-refractivity contribution is 5.72. The first-order valence-electron chi connectivity index (χ1n) is 8.23. The fourth-order valence-electron chi connectivity index (χ4n) is 2.87. The van der Waals surface area contributed by atoms with Crippen molar-refractivity contribution in [3.05, 3.63) is 41.0 Å². The van der Waals surface area contributed by atoms with Gasteiger partial charge in [0, 0.05) is 11.1 Å². The van der Waals surface area contributed by atoms with Crippen molar-refractivity contribution in [1.82, 2.24) is 0 Å². The zero-order valence-electron chi connectivity index (χ0n) is 15.7. The molecule has 0 aliphatic rings. The van der Waals surface area contributed by atoms with E-state index < -0.39 is 0 Å². The summed E-state index contributed by atoms with van der Waals surface area (Å²) in [6.07, 6.45) is 0. The van der Waals surface area contributed by atoms with Crippen LogP contribution in [0.5, 0.6) is 17.2 Å². The number of hydrogen-bond donors (Lipinski definition) is 3. The van der Waals surface area contributed by atoms with Gasteiger partial charge >= 0.3 is 0 Å². The number of rotatable bonds is 1. The first kappa shape index (κ1) is 18.2. The fraction of sp³-hybridized carbons (Fsp3) is 0.429. The molecule has 3 heteroatoms. The van der Waals surface area contributed by atoms with Gasteiger partial charge in [-0.1, -0.05) is 41.5 Å². The van der Waals surface area contributed by atoms with Crippen LogP contribution in [0.1, 0.15) is 58.2 Å². The summed E-state index contributed by atoms with van der Waals surface area (Å²) >= 11 is 0. The van der Waals surface area contributed by atoms with Crippen LogP contribution < -0.4 is 0 Å². The molecule has 0 amide bonds. The molecule has 0 aromatic heterocycles. The Morgan fingerprint density at radius 3 is 1.42 bits per heavy atom. The molecule has 3 nitrogen and oxygen atoms in total. The summed E-state index contributed by atoms with van der Waals surface area (Å²) in [5.41, 5.74) is 3.67. The van der Waals surface area contributed by atoms with Gasteiger partial charge in [-0.3, -0.25) is 0 Å². The lowest BCUT2D eigenvalue weighted by atomic mass is 9.77. The van der Waals surface area contributed by atoms with Crippen molar-refractivity contribution in [2.75, 3.05) is 0 Å². The molecule has 0 fully saturated rings. The van der Waals surface area contributed by atoms with Crippen LogP contribution in [0.4, 0.5) is 0 Å². The molecule has 3 N–H and O–H groups in total. The topological polar surface area (TPSA) is 60.7 Å². The second-order valence-electron chi connectivity index (χ2n) is 8.58. The van der Waals surface area contributed by atoms with Gasteiger partial charge in [-0.05, 0) is 58.7 Å². The Balaban J connectivity index is 2.81. The lowest BCUT2D eigenvalue weighted by Crippen LogP contribution is -2.17. The Morgan fingerprint density at radius 2 is 1.04 bits per heavy atom. The SMILES string of the molecule is Cc1cc(-c2cc(C(C)(C)C)c(O)c(C(C)(C)C)c2)cc(O)c1O. The van der Waals surface area contributed by atoms with Gasteiger partial charge in [0.2, 0.25) is 0 Å². The Kier molecular flexibility index (Phi) is 4.34. The van der Waals surface area contributed by atoms with Crippen LogP contribution in [0.2, 0.25) is 0 Å². The summed E-state index contributed by atoms with van der Waals surface area (Å²) < 4.78 is 0. The third-order valence-corrected chi connectivity index (χ3v) is 4.34. The smallest absolute Gasteiger partial charge is 0.160 e. The summed E-state index contributed by atoms with van der Waals surface area (Å²) in [5.74, 6) is 0.107. The van der Waals surface area contributed by atoms with E-state index in [0.717, 1.165) is 22.3 Å². The zero-order valence-corrected chi connectivity index (χ0v) is 15.7. The van der Waals surface area contributed by atoms with Gasteiger partial charge < -0.3 is 15.3 Å².